The van der Waals surface area contributed by atoms with Crippen LogP contribution in [0.1, 0.15) is 19.3 Å². The fourth-order valence-corrected chi connectivity index (χ4v) is 2.24. The Bertz CT molecular complexity index is 587. The van der Waals surface area contributed by atoms with Crippen LogP contribution in [0.15, 0.2) is 43.0 Å². The van der Waals surface area contributed by atoms with Gasteiger partial charge in [-0.1, -0.05) is 12.1 Å². The smallest absolute Gasteiger partial charge is 0.244 e. The van der Waals surface area contributed by atoms with E-state index < -0.39 is 5.54 Å². The van der Waals surface area contributed by atoms with Crippen molar-refractivity contribution < 1.29 is 4.79 Å². The number of hydrogen-bond donors (Lipinski definition) is 2. The number of amides is 1. The summed E-state index contributed by atoms with van der Waals surface area (Å²) in [5, 5.41) is 2.93. The zero-order valence-corrected chi connectivity index (χ0v) is 10.5. The molecule has 1 aromatic carbocycles. The Morgan fingerprint density at radius 2 is 2.16 bits per heavy atom. The van der Waals surface area contributed by atoms with Gasteiger partial charge < -0.3 is 15.6 Å². The molecule has 1 saturated carbocycles. The Labute approximate surface area is 111 Å². The lowest BCUT2D eigenvalue weighted by Crippen LogP contribution is -2.56. The van der Waals surface area contributed by atoms with E-state index in [0.29, 0.717) is 0 Å². The predicted molar refractivity (Wildman–Crippen MR) is 73.0 cm³/mol. The molecule has 0 bridgehead atoms. The molecule has 5 heteroatoms. The number of hydrogen-bond acceptors (Lipinski definition) is 3. The number of rotatable bonds is 3. The van der Waals surface area contributed by atoms with Crippen LogP contribution in [0.2, 0.25) is 0 Å². The molecule has 3 rings (SSSR count). The number of anilines is 1. The van der Waals surface area contributed by atoms with E-state index in [1.54, 1.807) is 12.5 Å². The number of nitrogens with one attached hydrogen (secondary N) is 1. The molecule has 1 aliphatic carbocycles. The molecule has 0 unspecified atom stereocenters. The van der Waals surface area contributed by atoms with Gasteiger partial charge in [-0.15, -0.1) is 0 Å². The minimum atomic E-state index is -0.692. The molecule has 98 valence electrons. The lowest BCUT2D eigenvalue weighted by atomic mass is 9.77. The highest BCUT2D eigenvalue weighted by Gasteiger charge is 2.40. The first-order valence-corrected chi connectivity index (χ1v) is 6.37. The molecule has 19 heavy (non-hydrogen) atoms. The number of carbonyl (C=O) groups is 1. The molecule has 2 aromatic rings. The van der Waals surface area contributed by atoms with Crippen molar-refractivity contribution in [1.82, 2.24) is 9.55 Å². The van der Waals surface area contributed by atoms with Crippen LogP contribution in [0.25, 0.3) is 5.69 Å². The number of aromatic nitrogens is 2. The maximum absolute atomic E-state index is 12.2. The van der Waals surface area contributed by atoms with Crippen molar-refractivity contribution >= 4 is 11.6 Å². The third-order valence-corrected chi connectivity index (χ3v) is 3.63. The zero-order valence-electron chi connectivity index (χ0n) is 10.5. The molecular weight excluding hydrogens is 240 g/mol. The number of carbonyl (C=O) groups excluding carboxylic acids is 1. The van der Waals surface area contributed by atoms with Gasteiger partial charge in [0, 0.05) is 12.4 Å². The average molecular weight is 256 g/mol. The Morgan fingerprint density at radius 3 is 2.79 bits per heavy atom. The van der Waals surface area contributed by atoms with Crippen molar-refractivity contribution in [3.63, 3.8) is 0 Å². The highest BCUT2D eigenvalue weighted by molar-refractivity contribution is 6.00. The Balaban J connectivity index is 1.87. The van der Waals surface area contributed by atoms with Crippen LogP contribution in [-0.2, 0) is 4.79 Å². The Hall–Kier alpha value is -2.14. The highest BCUT2D eigenvalue weighted by atomic mass is 16.2. The number of benzene rings is 1. The standard InChI is InChI=1S/C14H16N4O/c15-14(6-3-7-14)13(19)17-11-4-1-2-5-12(11)18-9-8-16-10-18/h1-2,4-5,8-10H,3,6-7,15H2,(H,17,19). The molecule has 3 N–H and O–H groups in total. The fraction of sp³-hybridized carbons (Fsp3) is 0.286. The molecule has 1 fully saturated rings. The van der Waals surface area contributed by atoms with E-state index in [1.165, 1.54) is 0 Å². The zero-order chi connectivity index (χ0) is 13.3. The summed E-state index contributed by atoms with van der Waals surface area (Å²) in [5.74, 6) is -0.105. The molecule has 1 amide bonds. The van der Waals surface area contributed by atoms with E-state index in [0.717, 1.165) is 30.6 Å². The first kappa shape index (κ1) is 11.9. The molecule has 1 heterocycles. The van der Waals surface area contributed by atoms with E-state index in [2.05, 4.69) is 10.3 Å². The van der Waals surface area contributed by atoms with Crippen LogP contribution in [-0.4, -0.2) is 21.0 Å². The van der Waals surface area contributed by atoms with E-state index >= 15 is 0 Å². The lowest BCUT2D eigenvalue weighted by Gasteiger charge is -2.36. The summed E-state index contributed by atoms with van der Waals surface area (Å²) in [6.07, 6.45) is 7.78. The summed E-state index contributed by atoms with van der Waals surface area (Å²) >= 11 is 0. The summed E-state index contributed by atoms with van der Waals surface area (Å²) in [6, 6.07) is 7.61. The van der Waals surface area contributed by atoms with Crippen LogP contribution < -0.4 is 11.1 Å². The summed E-state index contributed by atoms with van der Waals surface area (Å²) in [5.41, 5.74) is 6.98. The first-order chi connectivity index (χ1) is 9.19. The average Bonchev–Trinajstić information content (AvgIpc) is 2.90. The quantitative estimate of drug-likeness (QED) is 0.877. The molecule has 0 spiro atoms. The molecule has 1 aliphatic rings. The van der Waals surface area contributed by atoms with Gasteiger partial charge in [-0.25, -0.2) is 4.98 Å². The van der Waals surface area contributed by atoms with Gasteiger partial charge in [-0.3, -0.25) is 4.79 Å². The second kappa shape index (κ2) is 4.51. The van der Waals surface area contributed by atoms with Crippen LogP contribution >= 0.6 is 0 Å². The number of nitrogens with zero attached hydrogens (tertiary/aromatic N) is 2. The monoisotopic (exact) mass is 256 g/mol. The largest absolute Gasteiger partial charge is 0.323 e. The van der Waals surface area contributed by atoms with Crippen molar-refractivity contribution in [2.24, 2.45) is 5.73 Å². The van der Waals surface area contributed by atoms with E-state index in [4.69, 9.17) is 5.73 Å². The molecule has 1 aromatic heterocycles. The second-order valence-electron chi connectivity index (χ2n) is 4.95. The fourth-order valence-electron chi connectivity index (χ4n) is 2.24. The lowest BCUT2D eigenvalue weighted by molar-refractivity contribution is -0.123. The van der Waals surface area contributed by atoms with Crippen molar-refractivity contribution in [2.45, 2.75) is 24.8 Å². The van der Waals surface area contributed by atoms with Crippen molar-refractivity contribution in [3.05, 3.63) is 43.0 Å². The summed E-state index contributed by atoms with van der Waals surface area (Å²) in [7, 11) is 0. The minimum absolute atomic E-state index is 0.105. The predicted octanol–water partition coefficient (Wildman–Crippen LogP) is 1.69. The number of para-hydroxylation sites is 2. The van der Waals surface area contributed by atoms with E-state index in [1.807, 2.05) is 35.0 Å². The summed E-state index contributed by atoms with van der Waals surface area (Å²) in [6.45, 7) is 0. The van der Waals surface area contributed by atoms with Gasteiger partial charge in [0.15, 0.2) is 0 Å². The maximum Gasteiger partial charge on any atom is 0.244 e. The van der Waals surface area contributed by atoms with Gasteiger partial charge in [0.2, 0.25) is 5.91 Å². The molecule has 0 saturated heterocycles. The van der Waals surface area contributed by atoms with Gasteiger partial charge in [-0.2, -0.15) is 0 Å². The first-order valence-electron chi connectivity index (χ1n) is 6.37. The summed E-state index contributed by atoms with van der Waals surface area (Å²) < 4.78 is 1.86. The van der Waals surface area contributed by atoms with Gasteiger partial charge in [0.25, 0.3) is 0 Å². The van der Waals surface area contributed by atoms with Crippen LogP contribution in [0.4, 0.5) is 5.69 Å². The van der Waals surface area contributed by atoms with Crippen LogP contribution in [0, 0.1) is 0 Å². The second-order valence-corrected chi connectivity index (χ2v) is 4.95. The maximum atomic E-state index is 12.2. The van der Waals surface area contributed by atoms with Crippen molar-refractivity contribution in [3.8, 4) is 5.69 Å². The molecule has 0 radical (unpaired) electrons. The topological polar surface area (TPSA) is 72.9 Å². The van der Waals surface area contributed by atoms with Crippen LogP contribution in [0.5, 0.6) is 0 Å². The van der Waals surface area contributed by atoms with E-state index in [-0.39, 0.29) is 5.91 Å². The number of nitrogens with two attached hydrogens (primary N) is 1. The highest BCUT2D eigenvalue weighted by Crippen LogP contribution is 2.31. The van der Waals surface area contributed by atoms with E-state index in [9.17, 15) is 4.79 Å². The molecular formula is C14H16N4O. The van der Waals surface area contributed by atoms with Crippen LogP contribution in [0.3, 0.4) is 0 Å². The third kappa shape index (κ3) is 2.13. The third-order valence-electron chi connectivity index (χ3n) is 3.63. The van der Waals surface area contributed by atoms with Gasteiger partial charge in [0.1, 0.15) is 0 Å². The molecule has 0 aliphatic heterocycles. The summed E-state index contributed by atoms with van der Waals surface area (Å²) in [4.78, 5) is 16.2. The van der Waals surface area contributed by atoms with Gasteiger partial charge in [0.05, 0.1) is 23.2 Å². The normalized spacial score (nSPS) is 16.7. The Morgan fingerprint density at radius 1 is 1.37 bits per heavy atom. The Kier molecular flexibility index (Phi) is 2.83. The molecule has 0 atom stereocenters. The van der Waals surface area contributed by atoms with Gasteiger partial charge in [-0.05, 0) is 31.4 Å². The van der Waals surface area contributed by atoms with Gasteiger partial charge >= 0.3 is 0 Å². The SMILES string of the molecule is NC1(C(=O)Nc2ccccc2-n2ccnc2)CCC1. The number of imidazole rings is 1. The molecule has 5 nitrogen and oxygen atoms in total. The minimum Gasteiger partial charge on any atom is -0.323 e. The van der Waals surface area contributed by atoms with Crippen molar-refractivity contribution in [1.29, 1.82) is 0 Å². The van der Waals surface area contributed by atoms with Crippen molar-refractivity contribution in [2.75, 3.05) is 5.32 Å².